The summed E-state index contributed by atoms with van der Waals surface area (Å²) in [5, 5.41) is 3.16. The SMILES string of the molecule is CNC(C)c1ccc(Br)cc1OCC(=O)N(C)C. The minimum Gasteiger partial charge on any atom is -0.483 e. The van der Waals surface area contributed by atoms with Crippen molar-refractivity contribution in [3.63, 3.8) is 0 Å². The molecule has 0 saturated carbocycles. The molecule has 1 atom stereocenters. The second kappa shape index (κ2) is 6.75. The summed E-state index contributed by atoms with van der Waals surface area (Å²) in [6, 6.07) is 6.00. The molecule has 0 bridgehead atoms. The van der Waals surface area contributed by atoms with Gasteiger partial charge in [-0.2, -0.15) is 0 Å². The fourth-order valence-corrected chi connectivity index (χ4v) is 1.76. The van der Waals surface area contributed by atoms with E-state index in [-0.39, 0.29) is 18.6 Å². The number of amides is 1. The van der Waals surface area contributed by atoms with Crippen molar-refractivity contribution in [3.8, 4) is 5.75 Å². The number of carbonyl (C=O) groups excluding carboxylic acids is 1. The lowest BCUT2D eigenvalue weighted by atomic mass is 10.1. The van der Waals surface area contributed by atoms with Gasteiger partial charge in [0.15, 0.2) is 6.61 Å². The second-order valence-corrected chi connectivity index (χ2v) is 5.19. The van der Waals surface area contributed by atoms with Crippen molar-refractivity contribution in [1.29, 1.82) is 0 Å². The fraction of sp³-hybridized carbons (Fsp3) is 0.462. The number of nitrogens with zero attached hydrogens (tertiary/aromatic N) is 1. The van der Waals surface area contributed by atoms with Gasteiger partial charge in [0.2, 0.25) is 0 Å². The van der Waals surface area contributed by atoms with Gasteiger partial charge < -0.3 is 15.0 Å². The van der Waals surface area contributed by atoms with Crippen LogP contribution in [0, 0.1) is 0 Å². The molecule has 1 N–H and O–H groups in total. The van der Waals surface area contributed by atoms with Crippen LogP contribution in [-0.2, 0) is 4.79 Å². The Morgan fingerprint density at radius 3 is 2.72 bits per heavy atom. The van der Waals surface area contributed by atoms with E-state index in [2.05, 4.69) is 21.2 Å². The van der Waals surface area contributed by atoms with Crippen molar-refractivity contribution in [2.24, 2.45) is 0 Å². The maximum atomic E-state index is 11.5. The quantitative estimate of drug-likeness (QED) is 0.906. The summed E-state index contributed by atoms with van der Waals surface area (Å²) in [6.07, 6.45) is 0. The van der Waals surface area contributed by atoms with E-state index in [1.54, 1.807) is 14.1 Å². The Hall–Kier alpha value is -1.07. The van der Waals surface area contributed by atoms with Gasteiger partial charge in [0.05, 0.1) is 0 Å². The van der Waals surface area contributed by atoms with Crippen molar-refractivity contribution in [2.45, 2.75) is 13.0 Å². The molecule has 0 saturated heterocycles. The minimum atomic E-state index is -0.0574. The molecule has 1 amide bonds. The summed E-state index contributed by atoms with van der Waals surface area (Å²) < 4.78 is 6.54. The van der Waals surface area contributed by atoms with Gasteiger partial charge in [-0.15, -0.1) is 0 Å². The predicted molar refractivity (Wildman–Crippen MR) is 75.8 cm³/mol. The monoisotopic (exact) mass is 314 g/mol. The van der Waals surface area contributed by atoms with Crippen LogP contribution in [0.1, 0.15) is 18.5 Å². The van der Waals surface area contributed by atoms with Crippen LogP contribution in [0.5, 0.6) is 5.75 Å². The average Bonchev–Trinajstić information content (AvgIpc) is 2.34. The van der Waals surface area contributed by atoms with E-state index < -0.39 is 0 Å². The van der Waals surface area contributed by atoms with Gasteiger partial charge in [-0.05, 0) is 26.1 Å². The number of carbonyl (C=O) groups is 1. The standard InChI is InChI=1S/C13H19BrN2O2/c1-9(15-2)11-6-5-10(14)7-12(11)18-8-13(17)16(3)4/h5-7,9,15H,8H2,1-4H3. The lowest BCUT2D eigenvalue weighted by Gasteiger charge is -2.17. The zero-order valence-electron chi connectivity index (χ0n) is 11.2. The third-order valence-electron chi connectivity index (χ3n) is 2.73. The van der Waals surface area contributed by atoms with Crippen LogP contribution in [0.2, 0.25) is 0 Å². The maximum Gasteiger partial charge on any atom is 0.259 e. The van der Waals surface area contributed by atoms with E-state index in [1.165, 1.54) is 4.90 Å². The molecule has 1 aromatic rings. The minimum absolute atomic E-state index is 0.0485. The van der Waals surface area contributed by atoms with E-state index >= 15 is 0 Å². The van der Waals surface area contributed by atoms with Crippen molar-refractivity contribution in [2.75, 3.05) is 27.7 Å². The zero-order valence-corrected chi connectivity index (χ0v) is 12.7. The lowest BCUT2D eigenvalue weighted by molar-refractivity contribution is -0.130. The van der Waals surface area contributed by atoms with Gasteiger partial charge in [0.25, 0.3) is 5.91 Å². The molecule has 18 heavy (non-hydrogen) atoms. The molecule has 0 aliphatic heterocycles. The summed E-state index contributed by atoms with van der Waals surface area (Å²) in [5.41, 5.74) is 1.03. The molecule has 0 fully saturated rings. The molecule has 0 heterocycles. The van der Waals surface area contributed by atoms with Gasteiger partial charge in [0, 0.05) is 30.2 Å². The van der Waals surface area contributed by atoms with Gasteiger partial charge in [0.1, 0.15) is 5.75 Å². The van der Waals surface area contributed by atoms with Gasteiger partial charge in [-0.3, -0.25) is 4.79 Å². The topological polar surface area (TPSA) is 41.6 Å². The van der Waals surface area contributed by atoms with Crippen molar-refractivity contribution in [3.05, 3.63) is 28.2 Å². The first-order chi connectivity index (χ1) is 8.45. The van der Waals surface area contributed by atoms with Crippen LogP contribution in [0.3, 0.4) is 0 Å². The van der Waals surface area contributed by atoms with E-state index in [0.717, 1.165) is 15.8 Å². The first-order valence-electron chi connectivity index (χ1n) is 5.75. The Morgan fingerprint density at radius 1 is 1.50 bits per heavy atom. The summed E-state index contributed by atoms with van der Waals surface area (Å²) in [5.74, 6) is 0.666. The molecule has 0 aliphatic carbocycles. The number of hydrogen-bond acceptors (Lipinski definition) is 3. The molecule has 5 heteroatoms. The molecule has 0 radical (unpaired) electrons. The highest BCUT2D eigenvalue weighted by Gasteiger charge is 2.12. The molecule has 100 valence electrons. The highest BCUT2D eigenvalue weighted by molar-refractivity contribution is 9.10. The highest BCUT2D eigenvalue weighted by atomic mass is 79.9. The molecule has 4 nitrogen and oxygen atoms in total. The van der Waals surface area contributed by atoms with Gasteiger partial charge in [-0.1, -0.05) is 22.0 Å². The summed E-state index contributed by atoms with van der Waals surface area (Å²) in [4.78, 5) is 13.0. The lowest BCUT2D eigenvalue weighted by Crippen LogP contribution is -2.28. The highest BCUT2D eigenvalue weighted by Crippen LogP contribution is 2.28. The fourth-order valence-electron chi connectivity index (χ4n) is 1.42. The molecule has 0 spiro atoms. The third-order valence-corrected chi connectivity index (χ3v) is 3.22. The molecule has 1 rings (SSSR count). The summed E-state index contributed by atoms with van der Waals surface area (Å²) >= 11 is 3.41. The number of nitrogens with one attached hydrogen (secondary N) is 1. The van der Waals surface area contributed by atoms with Crippen LogP contribution in [-0.4, -0.2) is 38.6 Å². The summed E-state index contributed by atoms with van der Waals surface area (Å²) in [6.45, 7) is 2.09. The summed E-state index contributed by atoms with van der Waals surface area (Å²) in [7, 11) is 5.31. The van der Waals surface area contributed by atoms with Crippen LogP contribution < -0.4 is 10.1 Å². The third kappa shape index (κ3) is 3.99. The molecule has 0 aliphatic rings. The zero-order chi connectivity index (χ0) is 13.7. The van der Waals surface area contributed by atoms with Crippen LogP contribution in [0.25, 0.3) is 0 Å². The number of likely N-dealkylation sites (N-methyl/N-ethyl adjacent to an activating group) is 1. The largest absolute Gasteiger partial charge is 0.483 e. The Labute approximate surface area is 116 Å². The number of hydrogen-bond donors (Lipinski definition) is 1. The van der Waals surface area contributed by atoms with E-state index in [1.807, 2.05) is 32.2 Å². The number of rotatable bonds is 5. The first-order valence-corrected chi connectivity index (χ1v) is 6.54. The molecule has 1 unspecified atom stereocenters. The van der Waals surface area contributed by atoms with E-state index in [0.29, 0.717) is 0 Å². The van der Waals surface area contributed by atoms with E-state index in [4.69, 9.17) is 4.74 Å². The van der Waals surface area contributed by atoms with Crippen molar-refractivity contribution < 1.29 is 9.53 Å². The first kappa shape index (κ1) is 15.0. The predicted octanol–water partition coefficient (Wildman–Crippen LogP) is 2.20. The van der Waals surface area contributed by atoms with Crippen molar-refractivity contribution in [1.82, 2.24) is 10.2 Å². The van der Waals surface area contributed by atoms with Crippen molar-refractivity contribution >= 4 is 21.8 Å². The van der Waals surface area contributed by atoms with E-state index in [9.17, 15) is 4.79 Å². The molecular formula is C13H19BrN2O2. The Bertz CT molecular complexity index is 421. The number of halogens is 1. The number of benzene rings is 1. The number of ether oxygens (including phenoxy) is 1. The Balaban J connectivity index is 2.85. The Kier molecular flexibility index (Phi) is 5.62. The smallest absolute Gasteiger partial charge is 0.259 e. The van der Waals surface area contributed by atoms with Gasteiger partial charge >= 0.3 is 0 Å². The van der Waals surface area contributed by atoms with Crippen LogP contribution in [0.4, 0.5) is 0 Å². The molecule has 1 aromatic carbocycles. The molecular weight excluding hydrogens is 296 g/mol. The molecule has 0 aromatic heterocycles. The Morgan fingerprint density at radius 2 is 2.17 bits per heavy atom. The second-order valence-electron chi connectivity index (χ2n) is 4.27. The normalized spacial score (nSPS) is 12.1. The van der Waals surface area contributed by atoms with Gasteiger partial charge in [-0.25, -0.2) is 0 Å². The average molecular weight is 315 g/mol. The van der Waals surface area contributed by atoms with Crippen LogP contribution >= 0.6 is 15.9 Å². The van der Waals surface area contributed by atoms with Crippen LogP contribution in [0.15, 0.2) is 22.7 Å². The maximum absolute atomic E-state index is 11.5.